The van der Waals surface area contributed by atoms with Crippen LogP contribution in [-0.2, 0) is 14.3 Å². The smallest absolute Gasteiger partial charge is 0.228 e. The number of rotatable bonds is 3. The van der Waals surface area contributed by atoms with Crippen molar-refractivity contribution in [2.75, 3.05) is 20.2 Å². The Morgan fingerprint density at radius 2 is 2.04 bits per heavy atom. The Kier molecular flexibility index (Phi) is 4.57. The third-order valence-electron chi connectivity index (χ3n) is 5.08. The first-order valence-corrected chi connectivity index (χ1v) is 8.73. The summed E-state index contributed by atoms with van der Waals surface area (Å²) in [4.78, 5) is 33.5. The Bertz CT molecular complexity index is 665. The van der Waals surface area contributed by atoms with Crippen LogP contribution in [0.15, 0.2) is 0 Å². The quantitative estimate of drug-likeness (QED) is 0.881. The third kappa shape index (κ3) is 3.40. The molecule has 8 heteroatoms. The van der Waals surface area contributed by atoms with Crippen LogP contribution in [0.1, 0.15) is 51.3 Å². The van der Waals surface area contributed by atoms with E-state index >= 15 is 0 Å². The number of aryl methyl sites for hydroxylation is 1. The molecule has 0 aliphatic carbocycles. The van der Waals surface area contributed by atoms with Crippen molar-refractivity contribution in [3.8, 4) is 0 Å². The predicted molar refractivity (Wildman–Crippen MR) is 90.6 cm³/mol. The van der Waals surface area contributed by atoms with Crippen molar-refractivity contribution in [1.82, 2.24) is 25.0 Å². The molecule has 2 aliphatic heterocycles. The zero-order valence-corrected chi connectivity index (χ0v) is 15.6. The number of amides is 2. The number of aromatic nitrogens is 3. The fraction of sp³-hybridized carbons (Fsp3) is 0.765. The zero-order valence-electron chi connectivity index (χ0n) is 15.6. The van der Waals surface area contributed by atoms with Crippen LogP contribution in [0.3, 0.4) is 0 Å². The topological polar surface area (TPSA) is 91.4 Å². The number of H-pyrrole nitrogens is 1. The molecule has 138 valence electrons. The lowest BCUT2D eigenvalue weighted by Gasteiger charge is -2.32. The molecule has 0 spiro atoms. The summed E-state index contributed by atoms with van der Waals surface area (Å²) in [6.45, 7) is 8.79. The molecule has 1 N–H and O–H groups in total. The van der Waals surface area contributed by atoms with Crippen LogP contribution < -0.4 is 0 Å². The van der Waals surface area contributed by atoms with Crippen molar-refractivity contribution in [3.05, 3.63) is 11.6 Å². The van der Waals surface area contributed by atoms with E-state index in [1.54, 1.807) is 16.9 Å². The number of nitrogens with one attached hydrogen (secondary N) is 1. The van der Waals surface area contributed by atoms with Gasteiger partial charge in [-0.3, -0.25) is 14.7 Å². The van der Waals surface area contributed by atoms with Gasteiger partial charge in [0.05, 0.1) is 18.1 Å². The first-order chi connectivity index (χ1) is 11.7. The minimum atomic E-state index is -0.315. The molecule has 0 aromatic carbocycles. The standard InChI is InChI=1S/C17H27N5O3/c1-10-18-15(20-19-10)13-7-12(25-5)9-21(13)16(24)11-6-14(23)22(8-11)17(2,3)4/h11-13H,6-9H2,1-5H3,(H,18,19,20)/t11?,12-,13+/m1/s1. The molecule has 2 amide bonds. The van der Waals surface area contributed by atoms with Gasteiger partial charge in [0.1, 0.15) is 5.82 Å². The minimum absolute atomic E-state index is 0.00731. The summed E-state index contributed by atoms with van der Waals surface area (Å²) in [5.74, 6) is 1.05. The molecule has 8 nitrogen and oxygen atoms in total. The summed E-state index contributed by atoms with van der Waals surface area (Å²) in [6, 6.07) is -0.207. The molecule has 25 heavy (non-hydrogen) atoms. The molecular formula is C17H27N5O3. The van der Waals surface area contributed by atoms with E-state index in [4.69, 9.17) is 4.74 Å². The summed E-state index contributed by atoms with van der Waals surface area (Å²) in [5, 5.41) is 7.07. The number of ether oxygens (including phenoxy) is 1. The molecule has 1 aromatic heterocycles. The van der Waals surface area contributed by atoms with Crippen LogP contribution in [0.5, 0.6) is 0 Å². The van der Waals surface area contributed by atoms with Gasteiger partial charge < -0.3 is 14.5 Å². The fourth-order valence-electron chi connectivity index (χ4n) is 3.72. The lowest BCUT2D eigenvalue weighted by Crippen LogP contribution is -2.43. The Morgan fingerprint density at radius 1 is 1.32 bits per heavy atom. The highest BCUT2D eigenvalue weighted by atomic mass is 16.5. The van der Waals surface area contributed by atoms with Gasteiger partial charge in [0.2, 0.25) is 11.8 Å². The van der Waals surface area contributed by atoms with E-state index in [1.807, 2.05) is 27.7 Å². The van der Waals surface area contributed by atoms with E-state index in [0.717, 1.165) is 5.82 Å². The van der Waals surface area contributed by atoms with E-state index in [1.165, 1.54) is 0 Å². The van der Waals surface area contributed by atoms with Crippen molar-refractivity contribution < 1.29 is 14.3 Å². The van der Waals surface area contributed by atoms with Gasteiger partial charge in [-0.1, -0.05) is 0 Å². The molecule has 0 bridgehead atoms. The Hall–Kier alpha value is -1.96. The lowest BCUT2D eigenvalue weighted by molar-refractivity contribution is -0.137. The summed E-state index contributed by atoms with van der Waals surface area (Å²) >= 11 is 0. The van der Waals surface area contributed by atoms with Gasteiger partial charge in [0.15, 0.2) is 5.82 Å². The first-order valence-electron chi connectivity index (χ1n) is 8.73. The highest BCUT2D eigenvalue weighted by molar-refractivity contribution is 5.90. The molecule has 0 saturated carbocycles. The molecule has 2 aliphatic rings. The van der Waals surface area contributed by atoms with Gasteiger partial charge in [0.25, 0.3) is 0 Å². The summed E-state index contributed by atoms with van der Waals surface area (Å²) in [5.41, 5.74) is -0.271. The molecule has 3 atom stereocenters. The maximum atomic E-state index is 13.1. The van der Waals surface area contributed by atoms with Crippen LogP contribution in [0.4, 0.5) is 0 Å². The molecule has 0 radical (unpaired) electrons. The second-order valence-corrected chi connectivity index (χ2v) is 7.96. The van der Waals surface area contributed by atoms with E-state index in [2.05, 4.69) is 15.2 Å². The van der Waals surface area contributed by atoms with Crippen LogP contribution >= 0.6 is 0 Å². The number of likely N-dealkylation sites (tertiary alicyclic amines) is 2. The van der Waals surface area contributed by atoms with Crippen LogP contribution in [0.25, 0.3) is 0 Å². The van der Waals surface area contributed by atoms with Gasteiger partial charge >= 0.3 is 0 Å². The number of hydrogen-bond acceptors (Lipinski definition) is 5. The monoisotopic (exact) mass is 349 g/mol. The summed E-state index contributed by atoms with van der Waals surface area (Å²) in [6.07, 6.45) is 0.899. The summed E-state index contributed by atoms with van der Waals surface area (Å²) < 4.78 is 5.47. The van der Waals surface area contributed by atoms with Gasteiger partial charge in [-0.05, 0) is 27.7 Å². The van der Waals surface area contributed by atoms with Crippen molar-refractivity contribution in [2.45, 2.75) is 58.2 Å². The average Bonchev–Trinajstić information content (AvgIpc) is 3.23. The van der Waals surface area contributed by atoms with Gasteiger partial charge in [0, 0.05) is 38.6 Å². The molecule has 2 fully saturated rings. The van der Waals surface area contributed by atoms with E-state index in [0.29, 0.717) is 25.3 Å². The normalized spacial score (nSPS) is 27.4. The second kappa shape index (κ2) is 6.40. The number of methoxy groups -OCH3 is 1. The zero-order chi connectivity index (χ0) is 18.4. The Morgan fingerprint density at radius 3 is 2.56 bits per heavy atom. The number of carbonyl (C=O) groups excluding carboxylic acids is 2. The average molecular weight is 349 g/mol. The molecular weight excluding hydrogens is 322 g/mol. The van der Waals surface area contributed by atoms with E-state index < -0.39 is 0 Å². The maximum Gasteiger partial charge on any atom is 0.228 e. The Labute approximate surface area is 147 Å². The Balaban J connectivity index is 1.79. The number of hydrogen-bond donors (Lipinski definition) is 1. The van der Waals surface area contributed by atoms with Gasteiger partial charge in [-0.15, -0.1) is 0 Å². The van der Waals surface area contributed by atoms with E-state index in [-0.39, 0.29) is 41.8 Å². The number of aromatic amines is 1. The molecule has 1 unspecified atom stereocenters. The molecule has 2 saturated heterocycles. The summed E-state index contributed by atoms with van der Waals surface area (Å²) in [7, 11) is 1.65. The number of nitrogens with zero attached hydrogens (tertiary/aromatic N) is 4. The predicted octanol–water partition coefficient (Wildman–Crippen LogP) is 1.05. The minimum Gasteiger partial charge on any atom is -0.380 e. The lowest BCUT2D eigenvalue weighted by atomic mass is 10.1. The third-order valence-corrected chi connectivity index (χ3v) is 5.08. The maximum absolute atomic E-state index is 13.1. The SMILES string of the molecule is CO[C@@H]1C[C@@H](c2n[nH]c(C)n2)N(C(=O)C2CC(=O)N(C(C)(C)C)C2)C1. The fourth-order valence-corrected chi connectivity index (χ4v) is 3.72. The van der Waals surface area contributed by atoms with Gasteiger partial charge in [-0.2, -0.15) is 5.10 Å². The van der Waals surface area contributed by atoms with Crippen molar-refractivity contribution in [1.29, 1.82) is 0 Å². The molecule has 3 heterocycles. The highest BCUT2D eigenvalue weighted by Gasteiger charge is 2.45. The van der Waals surface area contributed by atoms with Crippen LogP contribution in [0, 0.1) is 12.8 Å². The highest BCUT2D eigenvalue weighted by Crippen LogP contribution is 2.35. The van der Waals surface area contributed by atoms with E-state index in [9.17, 15) is 9.59 Å². The van der Waals surface area contributed by atoms with Crippen molar-refractivity contribution in [3.63, 3.8) is 0 Å². The van der Waals surface area contributed by atoms with Crippen molar-refractivity contribution in [2.24, 2.45) is 5.92 Å². The first kappa shape index (κ1) is 17.8. The van der Waals surface area contributed by atoms with Gasteiger partial charge in [-0.25, -0.2) is 4.98 Å². The molecule has 1 aromatic rings. The number of carbonyl (C=O) groups is 2. The van der Waals surface area contributed by atoms with Crippen LogP contribution in [0.2, 0.25) is 0 Å². The van der Waals surface area contributed by atoms with Crippen molar-refractivity contribution >= 4 is 11.8 Å². The second-order valence-electron chi connectivity index (χ2n) is 7.96. The largest absolute Gasteiger partial charge is 0.380 e. The molecule has 3 rings (SSSR count). The van der Waals surface area contributed by atoms with Crippen LogP contribution in [-0.4, -0.2) is 68.6 Å².